The van der Waals surface area contributed by atoms with Gasteiger partial charge in [-0.25, -0.2) is 9.78 Å². The molecule has 0 saturated heterocycles. The molecule has 0 saturated carbocycles. The first-order valence-corrected chi connectivity index (χ1v) is 9.29. The number of hydrogen-bond donors (Lipinski definition) is 2. The molecule has 29 heavy (non-hydrogen) atoms. The van der Waals surface area contributed by atoms with Gasteiger partial charge in [-0.2, -0.15) is 0 Å². The minimum absolute atomic E-state index is 0.0661. The molecule has 3 aromatic carbocycles. The maximum Gasteiger partial charge on any atom is 0.326 e. The lowest BCUT2D eigenvalue weighted by atomic mass is 10.0. The summed E-state index contributed by atoms with van der Waals surface area (Å²) in [7, 11) is 0. The highest BCUT2D eigenvalue weighted by atomic mass is 16.4. The van der Waals surface area contributed by atoms with Crippen molar-refractivity contribution in [1.29, 1.82) is 0 Å². The van der Waals surface area contributed by atoms with Crippen LogP contribution in [0.5, 0.6) is 0 Å². The minimum atomic E-state index is -1.10. The van der Waals surface area contributed by atoms with Crippen molar-refractivity contribution in [2.45, 2.75) is 18.9 Å². The molecule has 4 rings (SSSR count). The van der Waals surface area contributed by atoms with Gasteiger partial charge in [0.1, 0.15) is 6.04 Å². The fourth-order valence-electron chi connectivity index (χ4n) is 3.28. The van der Waals surface area contributed by atoms with Gasteiger partial charge in [0.25, 0.3) is 0 Å². The summed E-state index contributed by atoms with van der Waals surface area (Å²) in [6.45, 7) is 0. The number of carboxylic acid groups (broad SMARTS) is 1. The van der Waals surface area contributed by atoms with E-state index >= 15 is 0 Å². The summed E-state index contributed by atoms with van der Waals surface area (Å²) in [5, 5.41) is 14.3. The smallest absolute Gasteiger partial charge is 0.326 e. The molecule has 6 nitrogen and oxygen atoms in total. The zero-order chi connectivity index (χ0) is 20.2. The average molecular weight is 385 g/mol. The first kappa shape index (κ1) is 18.6. The molecule has 4 aromatic rings. The topological polar surface area (TPSA) is 92.2 Å². The Morgan fingerprint density at radius 2 is 1.66 bits per heavy atom. The maximum absolute atomic E-state index is 12.5. The molecule has 1 heterocycles. The Labute approximate surface area is 167 Å². The van der Waals surface area contributed by atoms with E-state index in [0.717, 1.165) is 21.9 Å². The summed E-state index contributed by atoms with van der Waals surface area (Å²) in [6, 6.07) is 20.0. The molecule has 0 fully saturated rings. The third kappa shape index (κ3) is 4.38. The van der Waals surface area contributed by atoms with Crippen molar-refractivity contribution in [1.82, 2.24) is 15.3 Å². The van der Waals surface area contributed by atoms with Crippen LogP contribution in [0.25, 0.3) is 21.8 Å². The zero-order valence-electron chi connectivity index (χ0n) is 15.6. The van der Waals surface area contributed by atoms with Crippen LogP contribution in [0.2, 0.25) is 0 Å². The Kier molecular flexibility index (Phi) is 5.16. The molecule has 1 atom stereocenters. The van der Waals surface area contributed by atoms with Crippen LogP contribution in [0, 0.1) is 0 Å². The van der Waals surface area contributed by atoms with Crippen LogP contribution >= 0.6 is 0 Å². The molecule has 144 valence electrons. The van der Waals surface area contributed by atoms with E-state index in [1.54, 1.807) is 6.20 Å². The Morgan fingerprint density at radius 1 is 0.931 bits per heavy atom. The average Bonchev–Trinajstić information content (AvgIpc) is 2.73. The summed E-state index contributed by atoms with van der Waals surface area (Å²) in [4.78, 5) is 32.9. The molecule has 0 radical (unpaired) electrons. The minimum Gasteiger partial charge on any atom is -0.480 e. The molecule has 1 aromatic heterocycles. The predicted octanol–water partition coefficient (Wildman–Crippen LogP) is 3.14. The highest BCUT2D eigenvalue weighted by molar-refractivity contribution is 5.87. The summed E-state index contributed by atoms with van der Waals surface area (Å²) >= 11 is 0. The summed E-state index contributed by atoms with van der Waals surface area (Å²) in [5.41, 5.74) is 2.78. The third-order valence-electron chi connectivity index (χ3n) is 4.72. The van der Waals surface area contributed by atoms with Gasteiger partial charge in [-0.05, 0) is 28.5 Å². The van der Waals surface area contributed by atoms with Crippen molar-refractivity contribution >= 4 is 33.7 Å². The van der Waals surface area contributed by atoms with Crippen LogP contribution in [0.3, 0.4) is 0 Å². The molecule has 0 aliphatic heterocycles. The van der Waals surface area contributed by atoms with Crippen LogP contribution in [-0.2, 0) is 22.4 Å². The third-order valence-corrected chi connectivity index (χ3v) is 4.72. The van der Waals surface area contributed by atoms with Crippen LogP contribution in [-0.4, -0.2) is 33.0 Å². The van der Waals surface area contributed by atoms with Crippen molar-refractivity contribution in [3.05, 3.63) is 84.2 Å². The van der Waals surface area contributed by atoms with Gasteiger partial charge in [0, 0.05) is 12.6 Å². The molecular weight excluding hydrogens is 366 g/mol. The summed E-state index contributed by atoms with van der Waals surface area (Å²) in [5.74, 6) is -1.45. The van der Waals surface area contributed by atoms with Gasteiger partial charge in [0.15, 0.2) is 0 Å². The number of para-hydroxylation sites is 2. The van der Waals surface area contributed by atoms with Crippen LogP contribution < -0.4 is 5.32 Å². The Balaban J connectivity index is 1.46. The number of fused-ring (bicyclic) bond motifs is 2. The molecule has 0 spiro atoms. The van der Waals surface area contributed by atoms with E-state index in [4.69, 9.17) is 0 Å². The summed E-state index contributed by atoms with van der Waals surface area (Å²) < 4.78 is 0. The van der Waals surface area contributed by atoms with Gasteiger partial charge in [-0.1, -0.05) is 54.6 Å². The molecule has 1 amide bonds. The second-order valence-electron chi connectivity index (χ2n) is 6.87. The molecule has 0 aliphatic rings. The predicted molar refractivity (Wildman–Crippen MR) is 110 cm³/mol. The van der Waals surface area contributed by atoms with E-state index in [2.05, 4.69) is 15.3 Å². The second kappa shape index (κ2) is 8.06. The standard InChI is InChI=1S/C23H19N3O3/c27-22(12-15-9-10-16-5-1-2-6-17(16)11-15)26-21(23(28)29)13-18-14-24-19-7-3-4-8-20(19)25-18/h1-11,14,21H,12-13H2,(H,26,27)(H,28,29)/t21-/m1/s1. The normalized spacial score (nSPS) is 12.0. The van der Waals surface area contributed by atoms with Crippen LogP contribution in [0.1, 0.15) is 11.3 Å². The van der Waals surface area contributed by atoms with Crippen molar-refractivity contribution < 1.29 is 14.7 Å². The van der Waals surface area contributed by atoms with E-state index in [-0.39, 0.29) is 18.7 Å². The first-order chi connectivity index (χ1) is 14.1. The number of rotatable bonds is 6. The van der Waals surface area contributed by atoms with E-state index < -0.39 is 12.0 Å². The van der Waals surface area contributed by atoms with Gasteiger partial charge < -0.3 is 10.4 Å². The molecule has 0 unspecified atom stereocenters. The lowest BCUT2D eigenvalue weighted by Gasteiger charge is -2.14. The number of carboxylic acids is 1. The van der Waals surface area contributed by atoms with Gasteiger partial charge in [0.2, 0.25) is 5.91 Å². The zero-order valence-corrected chi connectivity index (χ0v) is 15.6. The quantitative estimate of drug-likeness (QED) is 0.532. The maximum atomic E-state index is 12.5. The highest BCUT2D eigenvalue weighted by Crippen LogP contribution is 2.16. The van der Waals surface area contributed by atoms with E-state index in [9.17, 15) is 14.7 Å². The van der Waals surface area contributed by atoms with Crippen molar-refractivity contribution in [3.8, 4) is 0 Å². The van der Waals surface area contributed by atoms with E-state index in [1.165, 1.54) is 0 Å². The Bertz CT molecular complexity index is 1210. The van der Waals surface area contributed by atoms with Gasteiger partial charge in [-0.3, -0.25) is 9.78 Å². The summed E-state index contributed by atoms with van der Waals surface area (Å²) in [6.07, 6.45) is 1.72. The van der Waals surface area contributed by atoms with Gasteiger partial charge >= 0.3 is 5.97 Å². The fourth-order valence-corrected chi connectivity index (χ4v) is 3.28. The molecule has 6 heteroatoms. The number of carbonyl (C=O) groups excluding carboxylic acids is 1. The van der Waals surface area contributed by atoms with Crippen molar-refractivity contribution in [3.63, 3.8) is 0 Å². The molecular formula is C23H19N3O3. The molecule has 0 aliphatic carbocycles. The Morgan fingerprint density at radius 3 is 2.45 bits per heavy atom. The first-order valence-electron chi connectivity index (χ1n) is 9.29. The van der Waals surface area contributed by atoms with E-state index in [0.29, 0.717) is 11.2 Å². The Hall–Kier alpha value is -3.80. The number of aliphatic carboxylic acids is 1. The monoisotopic (exact) mass is 385 g/mol. The fraction of sp³-hybridized carbons (Fsp3) is 0.130. The number of amides is 1. The van der Waals surface area contributed by atoms with Crippen LogP contribution in [0.15, 0.2) is 72.9 Å². The number of hydrogen-bond acceptors (Lipinski definition) is 4. The van der Waals surface area contributed by atoms with E-state index in [1.807, 2.05) is 66.7 Å². The lowest BCUT2D eigenvalue weighted by molar-refractivity contribution is -0.141. The number of nitrogens with zero attached hydrogens (tertiary/aromatic N) is 2. The number of benzene rings is 3. The van der Waals surface area contributed by atoms with Crippen molar-refractivity contribution in [2.24, 2.45) is 0 Å². The second-order valence-corrected chi connectivity index (χ2v) is 6.87. The van der Waals surface area contributed by atoms with Gasteiger partial charge in [0.05, 0.1) is 23.1 Å². The largest absolute Gasteiger partial charge is 0.480 e. The number of carbonyl (C=O) groups is 2. The lowest BCUT2D eigenvalue weighted by Crippen LogP contribution is -2.43. The van der Waals surface area contributed by atoms with Crippen LogP contribution in [0.4, 0.5) is 0 Å². The molecule has 0 bridgehead atoms. The highest BCUT2D eigenvalue weighted by Gasteiger charge is 2.21. The number of aromatic nitrogens is 2. The SMILES string of the molecule is O=C(Cc1ccc2ccccc2c1)N[C@H](Cc1cnc2ccccc2n1)C(=O)O. The van der Waals surface area contributed by atoms with Crippen molar-refractivity contribution in [2.75, 3.05) is 0 Å². The van der Waals surface area contributed by atoms with Gasteiger partial charge in [-0.15, -0.1) is 0 Å². The number of nitrogens with one attached hydrogen (secondary N) is 1. The molecule has 2 N–H and O–H groups in total.